The van der Waals surface area contributed by atoms with Crippen LogP contribution in [0.3, 0.4) is 0 Å². The average molecular weight is 417 g/mol. The predicted octanol–water partition coefficient (Wildman–Crippen LogP) is 4.89. The van der Waals surface area contributed by atoms with Gasteiger partial charge < -0.3 is 5.32 Å². The summed E-state index contributed by atoms with van der Waals surface area (Å²) in [5.74, 6) is -0.317. The molecule has 2 N–H and O–H groups in total. The number of carbonyl (C=O) groups excluding carboxylic acids is 2. The van der Waals surface area contributed by atoms with E-state index >= 15 is 0 Å². The lowest BCUT2D eigenvalue weighted by Gasteiger charge is -2.25. The van der Waals surface area contributed by atoms with E-state index in [1.165, 1.54) is 11.3 Å². The van der Waals surface area contributed by atoms with Gasteiger partial charge in [0.15, 0.2) is 0 Å². The molecule has 0 unspecified atom stereocenters. The largest absolute Gasteiger partial charge is 0.344 e. The molecule has 0 saturated carbocycles. The van der Waals surface area contributed by atoms with Crippen molar-refractivity contribution in [2.45, 2.75) is 65.8 Å². The first kappa shape index (κ1) is 23.0. The van der Waals surface area contributed by atoms with Crippen molar-refractivity contribution in [3.05, 3.63) is 30.3 Å². The zero-order valence-electron chi connectivity index (χ0n) is 17.8. The number of anilines is 1. The minimum Gasteiger partial charge on any atom is -0.344 e. The summed E-state index contributed by atoms with van der Waals surface area (Å²) in [7, 11) is 0. The van der Waals surface area contributed by atoms with E-state index in [9.17, 15) is 9.59 Å². The molecule has 158 valence electrons. The van der Waals surface area contributed by atoms with Crippen LogP contribution in [0.4, 0.5) is 5.13 Å². The number of carbonyl (C=O) groups is 2. The van der Waals surface area contributed by atoms with E-state index in [0.29, 0.717) is 5.13 Å². The standard InChI is InChI=1S/C22H32N4O2S/c1-5-8-12-16(7-3)19(27)23-18(15(4)6-2)20(28)24-22-26-25-21(29-22)17-13-10-9-11-14-17/h9-11,13-16,18H,5-8,12H2,1-4H3,(H,23,27)(H,24,26,28)/t15-,16+,18-/m0/s1. The predicted molar refractivity (Wildman–Crippen MR) is 119 cm³/mol. The Morgan fingerprint density at radius 2 is 1.76 bits per heavy atom. The molecule has 2 rings (SSSR count). The van der Waals surface area contributed by atoms with Gasteiger partial charge in [-0.05, 0) is 18.8 Å². The lowest BCUT2D eigenvalue weighted by atomic mass is 9.94. The molecule has 0 fully saturated rings. The Morgan fingerprint density at radius 3 is 2.38 bits per heavy atom. The molecule has 0 aliphatic heterocycles. The van der Waals surface area contributed by atoms with E-state index in [2.05, 4.69) is 27.8 Å². The molecule has 6 nitrogen and oxygen atoms in total. The van der Waals surface area contributed by atoms with Gasteiger partial charge in [-0.15, -0.1) is 10.2 Å². The number of hydrogen-bond acceptors (Lipinski definition) is 5. The monoisotopic (exact) mass is 416 g/mol. The molecule has 0 aliphatic rings. The van der Waals surface area contributed by atoms with Gasteiger partial charge in [-0.3, -0.25) is 14.9 Å². The lowest BCUT2D eigenvalue weighted by molar-refractivity contribution is -0.130. The molecule has 0 bridgehead atoms. The SMILES string of the molecule is CCCC[C@@H](CC)C(=O)N[C@H](C(=O)Nc1nnc(-c2ccccc2)s1)[C@@H](C)CC. The third kappa shape index (κ3) is 6.63. The molecule has 0 radical (unpaired) electrons. The number of nitrogens with one attached hydrogen (secondary N) is 2. The maximum absolute atomic E-state index is 12.9. The lowest BCUT2D eigenvalue weighted by Crippen LogP contribution is -2.49. The van der Waals surface area contributed by atoms with Crippen LogP contribution in [0.5, 0.6) is 0 Å². The molecule has 0 spiro atoms. The Kier molecular flexibility index (Phi) is 9.25. The minimum atomic E-state index is -0.591. The Bertz CT molecular complexity index is 778. The van der Waals surface area contributed by atoms with Crippen LogP contribution < -0.4 is 10.6 Å². The number of unbranched alkanes of at least 4 members (excludes halogenated alkanes) is 1. The van der Waals surface area contributed by atoms with E-state index in [-0.39, 0.29) is 23.7 Å². The van der Waals surface area contributed by atoms with Crippen molar-refractivity contribution in [1.29, 1.82) is 0 Å². The second kappa shape index (κ2) is 11.7. The van der Waals surface area contributed by atoms with Crippen molar-refractivity contribution in [2.75, 3.05) is 5.32 Å². The molecule has 7 heteroatoms. The first-order valence-corrected chi connectivity index (χ1v) is 11.3. The average Bonchev–Trinajstić information content (AvgIpc) is 3.21. The van der Waals surface area contributed by atoms with Crippen LogP contribution in [0, 0.1) is 11.8 Å². The third-order valence-electron chi connectivity index (χ3n) is 5.24. The highest BCUT2D eigenvalue weighted by molar-refractivity contribution is 7.18. The normalized spacial score (nSPS) is 14.1. The van der Waals surface area contributed by atoms with Crippen LogP contribution in [-0.2, 0) is 9.59 Å². The molecule has 1 heterocycles. The number of nitrogens with zero attached hydrogens (tertiary/aromatic N) is 2. The van der Waals surface area contributed by atoms with Crippen LogP contribution in [0.25, 0.3) is 10.6 Å². The maximum atomic E-state index is 12.9. The summed E-state index contributed by atoms with van der Waals surface area (Å²) in [6.07, 6.45) is 4.48. The van der Waals surface area contributed by atoms with Gasteiger partial charge in [0.2, 0.25) is 16.9 Å². The third-order valence-corrected chi connectivity index (χ3v) is 6.13. The highest BCUT2D eigenvalue weighted by atomic mass is 32.1. The molecule has 3 atom stereocenters. The molecule has 0 aliphatic carbocycles. The summed E-state index contributed by atoms with van der Waals surface area (Å²) in [6, 6.07) is 9.13. The summed E-state index contributed by atoms with van der Waals surface area (Å²) in [5, 5.41) is 15.3. The van der Waals surface area contributed by atoms with Gasteiger partial charge in [-0.25, -0.2) is 0 Å². The first-order chi connectivity index (χ1) is 14.0. The molecule has 1 aromatic heterocycles. The Labute approximate surface area is 177 Å². The quantitative estimate of drug-likeness (QED) is 0.546. The topological polar surface area (TPSA) is 84.0 Å². The number of aromatic nitrogens is 2. The number of rotatable bonds is 11. The van der Waals surface area contributed by atoms with E-state index in [4.69, 9.17) is 0 Å². The number of hydrogen-bond donors (Lipinski definition) is 2. The summed E-state index contributed by atoms with van der Waals surface area (Å²) >= 11 is 1.32. The highest BCUT2D eigenvalue weighted by Crippen LogP contribution is 2.26. The molecular weight excluding hydrogens is 384 g/mol. The minimum absolute atomic E-state index is 0.0177. The van der Waals surface area contributed by atoms with Gasteiger partial charge in [0, 0.05) is 11.5 Å². The molecule has 0 saturated heterocycles. The van der Waals surface area contributed by atoms with Crippen LogP contribution in [-0.4, -0.2) is 28.1 Å². The second-order valence-corrected chi connectivity index (χ2v) is 8.36. The zero-order valence-corrected chi connectivity index (χ0v) is 18.6. The van der Waals surface area contributed by atoms with Crippen LogP contribution in [0.2, 0.25) is 0 Å². The van der Waals surface area contributed by atoms with Crippen molar-refractivity contribution in [2.24, 2.45) is 11.8 Å². The van der Waals surface area contributed by atoms with E-state index in [1.54, 1.807) is 0 Å². The molecule has 1 aromatic carbocycles. The van der Waals surface area contributed by atoms with E-state index < -0.39 is 6.04 Å². The van der Waals surface area contributed by atoms with Gasteiger partial charge >= 0.3 is 0 Å². The first-order valence-electron chi connectivity index (χ1n) is 10.5. The van der Waals surface area contributed by atoms with Gasteiger partial charge in [-0.2, -0.15) is 0 Å². The fourth-order valence-corrected chi connectivity index (χ4v) is 3.85. The molecule has 2 aromatic rings. The molecule has 29 heavy (non-hydrogen) atoms. The maximum Gasteiger partial charge on any atom is 0.249 e. The summed E-state index contributed by atoms with van der Waals surface area (Å²) in [6.45, 7) is 8.13. The summed E-state index contributed by atoms with van der Waals surface area (Å²) in [5.41, 5.74) is 0.957. The van der Waals surface area contributed by atoms with Crippen molar-refractivity contribution in [1.82, 2.24) is 15.5 Å². The Morgan fingerprint density at radius 1 is 1.03 bits per heavy atom. The Hall–Kier alpha value is -2.28. The molecule has 2 amide bonds. The molecular formula is C22H32N4O2S. The Balaban J connectivity index is 2.07. The van der Waals surface area contributed by atoms with Crippen molar-refractivity contribution >= 4 is 28.3 Å². The summed E-state index contributed by atoms with van der Waals surface area (Å²) < 4.78 is 0. The van der Waals surface area contributed by atoms with E-state index in [1.807, 2.05) is 51.1 Å². The summed E-state index contributed by atoms with van der Waals surface area (Å²) in [4.78, 5) is 25.7. The van der Waals surface area contributed by atoms with Gasteiger partial charge in [0.1, 0.15) is 11.0 Å². The van der Waals surface area contributed by atoms with Crippen molar-refractivity contribution < 1.29 is 9.59 Å². The van der Waals surface area contributed by atoms with Gasteiger partial charge in [0.25, 0.3) is 0 Å². The van der Waals surface area contributed by atoms with Crippen LogP contribution >= 0.6 is 11.3 Å². The smallest absolute Gasteiger partial charge is 0.249 e. The van der Waals surface area contributed by atoms with Crippen LogP contribution in [0.15, 0.2) is 30.3 Å². The van der Waals surface area contributed by atoms with Gasteiger partial charge in [-0.1, -0.05) is 88.6 Å². The van der Waals surface area contributed by atoms with Crippen LogP contribution in [0.1, 0.15) is 59.8 Å². The zero-order chi connectivity index (χ0) is 21.2. The van der Waals surface area contributed by atoms with Crippen molar-refractivity contribution in [3.8, 4) is 10.6 Å². The highest BCUT2D eigenvalue weighted by Gasteiger charge is 2.29. The second-order valence-electron chi connectivity index (χ2n) is 7.39. The van der Waals surface area contributed by atoms with E-state index in [0.717, 1.165) is 42.7 Å². The van der Waals surface area contributed by atoms with Crippen molar-refractivity contribution in [3.63, 3.8) is 0 Å². The fourth-order valence-electron chi connectivity index (χ4n) is 3.10. The number of benzene rings is 1. The van der Waals surface area contributed by atoms with Gasteiger partial charge in [0.05, 0.1) is 0 Å². The fraction of sp³-hybridized carbons (Fsp3) is 0.545. The number of amides is 2.